The van der Waals surface area contributed by atoms with Gasteiger partial charge in [0.25, 0.3) is 5.91 Å². The molecule has 2 aromatic rings. The normalized spacial score (nSPS) is 19.2. The van der Waals surface area contributed by atoms with Crippen LogP contribution in [-0.2, 0) is 4.74 Å². The van der Waals surface area contributed by atoms with Crippen LogP contribution in [0.2, 0.25) is 0 Å². The SMILES string of the molecule is O=C(NCC1CCCO1)c1ccnc2ccnn12. The Bertz CT molecular complexity index is 560. The van der Waals surface area contributed by atoms with Crippen LogP contribution in [0.3, 0.4) is 0 Å². The van der Waals surface area contributed by atoms with Crippen LogP contribution >= 0.6 is 0 Å². The van der Waals surface area contributed by atoms with Gasteiger partial charge in [0.2, 0.25) is 0 Å². The molecule has 2 aromatic heterocycles. The highest BCUT2D eigenvalue weighted by Gasteiger charge is 2.17. The Balaban J connectivity index is 1.73. The Morgan fingerprint density at radius 2 is 2.44 bits per heavy atom. The maximum atomic E-state index is 12.1. The zero-order valence-electron chi connectivity index (χ0n) is 9.87. The Kier molecular flexibility index (Phi) is 2.93. The Morgan fingerprint density at radius 3 is 3.28 bits per heavy atom. The molecule has 6 heteroatoms. The average Bonchev–Trinajstić information content (AvgIpc) is 3.05. The van der Waals surface area contributed by atoms with E-state index < -0.39 is 0 Å². The lowest BCUT2D eigenvalue weighted by Gasteiger charge is -2.11. The molecule has 1 atom stereocenters. The molecule has 1 saturated heterocycles. The molecular formula is C12H14N4O2. The van der Waals surface area contributed by atoms with Gasteiger partial charge in [-0.1, -0.05) is 0 Å². The molecule has 6 nitrogen and oxygen atoms in total. The first-order chi connectivity index (χ1) is 8.84. The number of hydrogen-bond donors (Lipinski definition) is 1. The largest absolute Gasteiger partial charge is 0.376 e. The van der Waals surface area contributed by atoms with Gasteiger partial charge < -0.3 is 10.1 Å². The van der Waals surface area contributed by atoms with Gasteiger partial charge in [-0.15, -0.1) is 0 Å². The Morgan fingerprint density at radius 1 is 1.50 bits per heavy atom. The average molecular weight is 246 g/mol. The summed E-state index contributed by atoms with van der Waals surface area (Å²) in [7, 11) is 0. The van der Waals surface area contributed by atoms with Crippen molar-refractivity contribution in [1.82, 2.24) is 19.9 Å². The molecule has 0 radical (unpaired) electrons. The number of nitrogens with zero attached hydrogens (tertiary/aromatic N) is 3. The quantitative estimate of drug-likeness (QED) is 0.862. The van der Waals surface area contributed by atoms with Gasteiger partial charge in [-0.2, -0.15) is 5.10 Å². The summed E-state index contributed by atoms with van der Waals surface area (Å²) in [5, 5.41) is 6.95. The van der Waals surface area contributed by atoms with Crippen molar-refractivity contribution in [2.75, 3.05) is 13.2 Å². The number of aromatic nitrogens is 3. The van der Waals surface area contributed by atoms with E-state index in [9.17, 15) is 4.79 Å². The second-order valence-electron chi connectivity index (χ2n) is 4.28. The number of ether oxygens (including phenoxy) is 1. The minimum atomic E-state index is -0.151. The van der Waals surface area contributed by atoms with Gasteiger partial charge in [-0.05, 0) is 18.9 Å². The first-order valence-corrected chi connectivity index (χ1v) is 6.03. The van der Waals surface area contributed by atoms with Crippen LogP contribution in [0.15, 0.2) is 24.5 Å². The van der Waals surface area contributed by atoms with E-state index in [4.69, 9.17) is 4.74 Å². The molecule has 1 N–H and O–H groups in total. The van der Waals surface area contributed by atoms with Gasteiger partial charge in [0.15, 0.2) is 5.65 Å². The van der Waals surface area contributed by atoms with E-state index in [2.05, 4.69) is 15.4 Å². The van der Waals surface area contributed by atoms with E-state index in [1.807, 2.05) is 0 Å². The minimum absolute atomic E-state index is 0.142. The van der Waals surface area contributed by atoms with Crippen molar-refractivity contribution >= 4 is 11.6 Å². The summed E-state index contributed by atoms with van der Waals surface area (Å²) >= 11 is 0. The van der Waals surface area contributed by atoms with Crippen LogP contribution in [0.4, 0.5) is 0 Å². The van der Waals surface area contributed by atoms with Gasteiger partial charge in [0, 0.05) is 25.4 Å². The highest BCUT2D eigenvalue weighted by Crippen LogP contribution is 2.11. The summed E-state index contributed by atoms with van der Waals surface area (Å²) in [6.45, 7) is 1.34. The zero-order valence-corrected chi connectivity index (χ0v) is 9.87. The second kappa shape index (κ2) is 4.73. The van der Waals surface area contributed by atoms with E-state index in [-0.39, 0.29) is 12.0 Å². The maximum absolute atomic E-state index is 12.1. The van der Waals surface area contributed by atoms with E-state index in [1.54, 1.807) is 24.5 Å². The van der Waals surface area contributed by atoms with E-state index in [1.165, 1.54) is 4.52 Å². The molecule has 1 unspecified atom stereocenters. The number of nitrogens with one attached hydrogen (secondary N) is 1. The third-order valence-electron chi connectivity index (χ3n) is 3.04. The van der Waals surface area contributed by atoms with Crippen molar-refractivity contribution < 1.29 is 9.53 Å². The fourth-order valence-electron chi connectivity index (χ4n) is 2.11. The third-order valence-corrected chi connectivity index (χ3v) is 3.04. The number of carbonyl (C=O) groups excluding carboxylic acids is 1. The van der Waals surface area contributed by atoms with Crippen LogP contribution in [0.1, 0.15) is 23.3 Å². The summed E-state index contributed by atoms with van der Waals surface area (Å²) in [5.74, 6) is -0.151. The molecule has 3 heterocycles. The molecule has 1 aliphatic rings. The summed E-state index contributed by atoms with van der Waals surface area (Å²) in [5.41, 5.74) is 1.16. The second-order valence-corrected chi connectivity index (χ2v) is 4.28. The lowest BCUT2D eigenvalue weighted by molar-refractivity contribution is 0.0851. The third kappa shape index (κ3) is 2.06. The topological polar surface area (TPSA) is 68.5 Å². The van der Waals surface area contributed by atoms with Gasteiger partial charge in [-0.3, -0.25) is 4.79 Å². The number of hydrogen-bond acceptors (Lipinski definition) is 4. The Labute approximate surface area is 104 Å². The first-order valence-electron chi connectivity index (χ1n) is 6.03. The van der Waals surface area contributed by atoms with E-state index >= 15 is 0 Å². The number of rotatable bonds is 3. The number of fused-ring (bicyclic) bond motifs is 1. The zero-order chi connectivity index (χ0) is 12.4. The predicted octanol–water partition coefficient (Wildman–Crippen LogP) is 0.638. The molecular weight excluding hydrogens is 232 g/mol. The lowest BCUT2D eigenvalue weighted by Crippen LogP contribution is -2.33. The fraction of sp³-hybridized carbons (Fsp3) is 0.417. The molecule has 0 bridgehead atoms. The van der Waals surface area contributed by atoms with Crippen molar-refractivity contribution in [3.05, 3.63) is 30.2 Å². The van der Waals surface area contributed by atoms with Crippen molar-refractivity contribution in [2.24, 2.45) is 0 Å². The monoisotopic (exact) mass is 246 g/mol. The minimum Gasteiger partial charge on any atom is -0.376 e. The summed E-state index contributed by atoms with van der Waals surface area (Å²) in [4.78, 5) is 16.2. The van der Waals surface area contributed by atoms with Crippen molar-refractivity contribution in [1.29, 1.82) is 0 Å². The molecule has 1 amide bonds. The molecule has 0 spiro atoms. The maximum Gasteiger partial charge on any atom is 0.270 e. The molecule has 18 heavy (non-hydrogen) atoms. The molecule has 3 rings (SSSR count). The van der Waals surface area contributed by atoms with Crippen molar-refractivity contribution in [3.63, 3.8) is 0 Å². The van der Waals surface area contributed by atoms with Gasteiger partial charge in [0.05, 0.1) is 12.3 Å². The van der Waals surface area contributed by atoms with E-state index in [0.717, 1.165) is 19.4 Å². The highest BCUT2D eigenvalue weighted by atomic mass is 16.5. The van der Waals surface area contributed by atoms with Crippen molar-refractivity contribution in [2.45, 2.75) is 18.9 Å². The fourth-order valence-corrected chi connectivity index (χ4v) is 2.11. The van der Waals surface area contributed by atoms with Crippen LogP contribution in [0, 0.1) is 0 Å². The molecule has 0 saturated carbocycles. The van der Waals surface area contributed by atoms with Crippen LogP contribution in [-0.4, -0.2) is 39.8 Å². The summed E-state index contributed by atoms with van der Waals surface area (Å²) in [6.07, 6.45) is 5.45. The number of carbonyl (C=O) groups is 1. The van der Waals surface area contributed by atoms with Crippen LogP contribution < -0.4 is 5.32 Å². The highest BCUT2D eigenvalue weighted by molar-refractivity contribution is 5.92. The van der Waals surface area contributed by atoms with E-state index in [0.29, 0.717) is 17.9 Å². The van der Waals surface area contributed by atoms with Crippen LogP contribution in [0.5, 0.6) is 0 Å². The first kappa shape index (κ1) is 11.2. The van der Waals surface area contributed by atoms with Gasteiger partial charge in [0.1, 0.15) is 5.69 Å². The predicted molar refractivity (Wildman–Crippen MR) is 64.3 cm³/mol. The summed E-state index contributed by atoms with van der Waals surface area (Å²) in [6, 6.07) is 3.42. The van der Waals surface area contributed by atoms with Gasteiger partial charge >= 0.3 is 0 Å². The smallest absolute Gasteiger partial charge is 0.270 e. The standard InChI is InChI=1S/C12H14N4O2/c17-12(14-8-9-2-1-7-18-9)10-3-5-13-11-4-6-15-16(10)11/h3-6,9H,1-2,7-8H2,(H,14,17). The lowest BCUT2D eigenvalue weighted by atomic mass is 10.2. The van der Waals surface area contributed by atoms with Crippen LogP contribution in [0.25, 0.3) is 5.65 Å². The molecule has 0 aromatic carbocycles. The van der Waals surface area contributed by atoms with Gasteiger partial charge in [-0.25, -0.2) is 9.50 Å². The molecule has 1 aliphatic heterocycles. The summed E-state index contributed by atoms with van der Waals surface area (Å²) < 4.78 is 6.99. The Hall–Kier alpha value is -1.95. The molecule has 0 aliphatic carbocycles. The molecule has 94 valence electrons. The number of amides is 1. The van der Waals surface area contributed by atoms with Crippen molar-refractivity contribution in [3.8, 4) is 0 Å². The molecule has 1 fully saturated rings.